The van der Waals surface area contributed by atoms with E-state index in [-0.39, 0.29) is 11.2 Å². The van der Waals surface area contributed by atoms with Gasteiger partial charge in [-0.15, -0.1) is 0 Å². The van der Waals surface area contributed by atoms with Crippen molar-refractivity contribution in [1.82, 2.24) is 0 Å². The molecule has 0 radical (unpaired) electrons. The minimum absolute atomic E-state index is 0.326. The maximum absolute atomic E-state index is 13.0. The van der Waals surface area contributed by atoms with Crippen molar-refractivity contribution in [2.75, 3.05) is 7.11 Å². The molecule has 1 rings (SSSR count). The monoisotopic (exact) mass is 207 g/mol. The van der Waals surface area contributed by atoms with E-state index >= 15 is 0 Å². The molecule has 80 valence electrons. The summed E-state index contributed by atoms with van der Waals surface area (Å²) in [5.74, 6) is 0.165. The summed E-state index contributed by atoms with van der Waals surface area (Å²) < 4.78 is 18.1. The Balaban J connectivity index is 3.19. The summed E-state index contributed by atoms with van der Waals surface area (Å²) >= 11 is 0. The molecule has 2 nitrogen and oxygen atoms in total. The molecule has 0 saturated heterocycles. The van der Waals surface area contributed by atoms with Crippen LogP contribution < -0.4 is 4.74 Å². The molecule has 0 atom stereocenters. The van der Waals surface area contributed by atoms with Crippen LogP contribution in [-0.2, 0) is 5.41 Å². The zero-order valence-corrected chi connectivity index (χ0v) is 9.17. The van der Waals surface area contributed by atoms with Gasteiger partial charge in [-0.2, -0.15) is 5.26 Å². The van der Waals surface area contributed by atoms with E-state index in [1.165, 1.54) is 19.2 Å². The summed E-state index contributed by atoms with van der Waals surface area (Å²) in [6.45, 7) is 3.87. The fourth-order valence-electron chi connectivity index (χ4n) is 1.52. The first-order chi connectivity index (χ1) is 7.01. The molecule has 0 saturated carbocycles. The average Bonchev–Trinajstić information content (AvgIpc) is 2.17. The van der Waals surface area contributed by atoms with Gasteiger partial charge in [-0.25, -0.2) is 4.39 Å². The summed E-state index contributed by atoms with van der Waals surface area (Å²) in [4.78, 5) is 0. The Labute approximate surface area is 89.3 Å². The van der Waals surface area contributed by atoms with E-state index in [1.54, 1.807) is 6.07 Å². The molecule has 0 unspecified atom stereocenters. The third-order valence-electron chi connectivity index (χ3n) is 2.41. The van der Waals surface area contributed by atoms with Gasteiger partial charge in [0.25, 0.3) is 0 Å². The zero-order chi connectivity index (χ0) is 11.5. The van der Waals surface area contributed by atoms with Gasteiger partial charge in [0.15, 0.2) is 0 Å². The maximum Gasteiger partial charge on any atom is 0.126 e. The Hall–Kier alpha value is -1.56. The van der Waals surface area contributed by atoms with Gasteiger partial charge in [-0.1, -0.05) is 19.9 Å². The molecule has 0 heterocycles. The highest BCUT2D eigenvalue weighted by Crippen LogP contribution is 2.34. The van der Waals surface area contributed by atoms with Crippen molar-refractivity contribution in [3.05, 3.63) is 29.6 Å². The lowest BCUT2D eigenvalue weighted by atomic mass is 9.81. The molecular weight excluding hydrogens is 193 g/mol. The number of ether oxygens (including phenoxy) is 1. The highest BCUT2D eigenvalue weighted by atomic mass is 19.1. The van der Waals surface area contributed by atoms with Crippen LogP contribution in [0, 0.1) is 17.1 Å². The first kappa shape index (κ1) is 11.5. The van der Waals surface area contributed by atoms with Gasteiger partial charge in [0, 0.05) is 23.5 Å². The van der Waals surface area contributed by atoms with Crippen molar-refractivity contribution in [3.63, 3.8) is 0 Å². The van der Waals surface area contributed by atoms with Crippen LogP contribution in [0.2, 0.25) is 0 Å². The van der Waals surface area contributed by atoms with Crippen LogP contribution in [0.5, 0.6) is 5.75 Å². The summed E-state index contributed by atoms with van der Waals surface area (Å²) in [5.41, 5.74) is 0.529. The van der Waals surface area contributed by atoms with E-state index in [2.05, 4.69) is 6.07 Å². The molecule has 0 aliphatic rings. The van der Waals surface area contributed by atoms with E-state index in [4.69, 9.17) is 10.00 Å². The first-order valence-electron chi connectivity index (χ1n) is 4.72. The van der Waals surface area contributed by atoms with Crippen molar-refractivity contribution < 1.29 is 9.13 Å². The lowest BCUT2D eigenvalue weighted by Gasteiger charge is -2.24. The molecule has 3 heteroatoms. The average molecular weight is 207 g/mol. The normalized spacial score (nSPS) is 10.9. The van der Waals surface area contributed by atoms with Gasteiger partial charge in [0.05, 0.1) is 13.2 Å². The van der Waals surface area contributed by atoms with Gasteiger partial charge in [-0.05, 0) is 6.07 Å². The summed E-state index contributed by atoms with van der Waals surface area (Å²) in [7, 11) is 1.50. The molecule has 0 aliphatic carbocycles. The van der Waals surface area contributed by atoms with Crippen LogP contribution in [0.3, 0.4) is 0 Å². The molecule has 0 fully saturated rings. The van der Waals surface area contributed by atoms with Crippen LogP contribution in [0.4, 0.5) is 4.39 Å². The SMILES string of the molecule is COc1cc(F)ccc1C(C)(C)CC#N. The topological polar surface area (TPSA) is 33.0 Å². The van der Waals surface area contributed by atoms with Crippen LogP contribution in [0.25, 0.3) is 0 Å². The second-order valence-corrected chi connectivity index (χ2v) is 4.06. The second-order valence-electron chi connectivity index (χ2n) is 4.06. The molecular formula is C12H14FNO. The number of halogens is 1. The van der Waals surface area contributed by atoms with Crippen molar-refractivity contribution in [2.45, 2.75) is 25.7 Å². The molecule has 0 spiro atoms. The van der Waals surface area contributed by atoms with Crippen LogP contribution in [-0.4, -0.2) is 7.11 Å². The zero-order valence-electron chi connectivity index (χ0n) is 9.17. The molecule has 0 aromatic heterocycles. The first-order valence-corrected chi connectivity index (χ1v) is 4.72. The number of hydrogen-bond donors (Lipinski definition) is 0. The Kier molecular flexibility index (Phi) is 3.31. The van der Waals surface area contributed by atoms with Crippen molar-refractivity contribution in [1.29, 1.82) is 5.26 Å². The Morgan fingerprint density at radius 1 is 1.47 bits per heavy atom. The number of benzene rings is 1. The van der Waals surface area contributed by atoms with Crippen molar-refractivity contribution in [3.8, 4) is 11.8 Å². The number of hydrogen-bond acceptors (Lipinski definition) is 2. The van der Waals surface area contributed by atoms with Gasteiger partial charge >= 0.3 is 0 Å². The Morgan fingerprint density at radius 3 is 2.67 bits per heavy atom. The molecule has 0 amide bonds. The van der Waals surface area contributed by atoms with Gasteiger partial charge in [0.1, 0.15) is 11.6 Å². The molecule has 0 bridgehead atoms. The van der Waals surface area contributed by atoms with Crippen LogP contribution >= 0.6 is 0 Å². The van der Waals surface area contributed by atoms with Crippen molar-refractivity contribution >= 4 is 0 Å². The lowest BCUT2D eigenvalue weighted by molar-refractivity contribution is 0.390. The lowest BCUT2D eigenvalue weighted by Crippen LogP contribution is -2.17. The van der Waals surface area contributed by atoms with Crippen LogP contribution in [0.1, 0.15) is 25.8 Å². The highest BCUT2D eigenvalue weighted by Gasteiger charge is 2.24. The smallest absolute Gasteiger partial charge is 0.126 e. The Morgan fingerprint density at radius 2 is 2.13 bits per heavy atom. The quantitative estimate of drug-likeness (QED) is 0.763. The fraction of sp³-hybridized carbons (Fsp3) is 0.417. The summed E-state index contributed by atoms with van der Waals surface area (Å²) in [5, 5.41) is 8.72. The number of nitrogens with zero attached hydrogens (tertiary/aromatic N) is 1. The number of methoxy groups -OCH3 is 1. The summed E-state index contributed by atoms with van der Waals surface area (Å²) in [6.07, 6.45) is 0.370. The van der Waals surface area contributed by atoms with E-state index in [0.29, 0.717) is 12.2 Å². The standard InChI is InChI=1S/C12H14FNO/c1-12(2,6-7-14)10-5-4-9(13)8-11(10)15-3/h4-5,8H,6H2,1-3H3. The fourth-order valence-corrected chi connectivity index (χ4v) is 1.52. The predicted octanol–water partition coefficient (Wildman–Crippen LogP) is 3.03. The van der Waals surface area contributed by atoms with Gasteiger partial charge in [0.2, 0.25) is 0 Å². The molecule has 1 aromatic carbocycles. The largest absolute Gasteiger partial charge is 0.496 e. The molecule has 1 aromatic rings. The van der Waals surface area contributed by atoms with Crippen molar-refractivity contribution in [2.24, 2.45) is 0 Å². The Bertz CT molecular complexity index is 393. The van der Waals surface area contributed by atoms with Gasteiger partial charge in [-0.3, -0.25) is 0 Å². The van der Waals surface area contributed by atoms with Gasteiger partial charge < -0.3 is 4.74 Å². The third kappa shape index (κ3) is 2.47. The minimum atomic E-state index is -0.330. The van der Waals surface area contributed by atoms with E-state index < -0.39 is 0 Å². The van der Waals surface area contributed by atoms with E-state index in [0.717, 1.165) is 5.56 Å². The molecule has 0 N–H and O–H groups in total. The maximum atomic E-state index is 13.0. The second kappa shape index (κ2) is 4.31. The highest BCUT2D eigenvalue weighted by molar-refractivity contribution is 5.39. The number of rotatable bonds is 3. The molecule has 0 aliphatic heterocycles. The number of nitriles is 1. The van der Waals surface area contributed by atoms with E-state index in [1.807, 2.05) is 13.8 Å². The third-order valence-corrected chi connectivity index (χ3v) is 2.41. The minimum Gasteiger partial charge on any atom is -0.496 e. The van der Waals surface area contributed by atoms with Crippen LogP contribution in [0.15, 0.2) is 18.2 Å². The predicted molar refractivity (Wildman–Crippen MR) is 56.2 cm³/mol. The van der Waals surface area contributed by atoms with E-state index in [9.17, 15) is 4.39 Å². The summed E-state index contributed by atoms with van der Waals surface area (Å²) in [6, 6.07) is 6.52. The molecule has 15 heavy (non-hydrogen) atoms.